The van der Waals surface area contributed by atoms with E-state index in [4.69, 9.17) is 12.2 Å². The van der Waals surface area contributed by atoms with Gasteiger partial charge in [0.05, 0.1) is 0 Å². The van der Waals surface area contributed by atoms with Crippen LogP contribution in [-0.4, -0.2) is 73.2 Å². The number of hydrogen-bond donors (Lipinski definition) is 1. The van der Waals surface area contributed by atoms with Crippen LogP contribution in [0.3, 0.4) is 0 Å². The Bertz CT molecular complexity index is 496. The number of nitrogens with one attached hydrogen (secondary N) is 1. The number of thiocarbonyl (C=S) groups is 1. The molecule has 1 aromatic rings. The summed E-state index contributed by atoms with van der Waals surface area (Å²) in [4.78, 5) is 7.03. The minimum absolute atomic E-state index is 0.916. The standard InChI is InChI=1S/C18H30N4S/c1-16-7-4-5-8-17(16)15-21-11-13-22(14-12-21)18(23)19-9-6-10-20(2)3/h4-5,7-8H,6,9-15H2,1-3H3,(H,19,23). The molecule has 1 heterocycles. The van der Waals surface area contributed by atoms with Crippen molar-refractivity contribution < 1.29 is 0 Å². The third kappa shape index (κ3) is 6.09. The molecule has 0 spiro atoms. The van der Waals surface area contributed by atoms with Crippen LogP contribution in [0.1, 0.15) is 17.5 Å². The molecule has 0 aromatic heterocycles. The SMILES string of the molecule is Cc1ccccc1CN1CCN(C(=S)NCCCN(C)C)CC1. The average molecular weight is 335 g/mol. The predicted molar refractivity (Wildman–Crippen MR) is 102 cm³/mol. The van der Waals surface area contributed by atoms with Gasteiger partial charge in [-0.1, -0.05) is 24.3 Å². The van der Waals surface area contributed by atoms with Crippen molar-refractivity contribution in [3.63, 3.8) is 0 Å². The number of rotatable bonds is 6. The molecule has 1 aliphatic rings. The van der Waals surface area contributed by atoms with Crippen LogP contribution in [0.5, 0.6) is 0 Å². The molecule has 128 valence electrons. The molecule has 23 heavy (non-hydrogen) atoms. The fraction of sp³-hybridized carbons (Fsp3) is 0.611. The van der Waals surface area contributed by atoms with Crippen LogP contribution >= 0.6 is 12.2 Å². The van der Waals surface area contributed by atoms with Gasteiger partial charge in [0.25, 0.3) is 0 Å². The van der Waals surface area contributed by atoms with Gasteiger partial charge in [-0.05, 0) is 57.3 Å². The van der Waals surface area contributed by atoms with Gasteiger partial charge in [0, 0.05) is 39.3 Å². The van der Waals surface area contributed by atoms with Gasteiger partial charge in [0.2, 0.25) is 0 Å². The van der Waals surface area contributed by atoms with E-state index in [1.165, 1.54) is 11.1 Å². The van der Waals surface area contributed by atoms with Crippen molar-refractivity contribution in [3.05, 3.63) is 35.4 Å². The Morgan fingerprint density at radius 1 is 1.17 bits per heavy atom. The van der Waals surface area contributed by atoms with E-state index in [2.05, 4.69) is 65.3 Å². The summed E-state index contributed by atoms with van der Waals surface area (Å²) in [6.45, 7) is 9.49. The Hall–Kier alpha value is -1.17. The minimum Gasteiger partial charge on any atom is -0.363 e. The molecule has 1 saturated heterocycles. The van der Waals surface area contributed by atoms with E-state index in [1.807, 2.05) is 0 Å². The monoisotopic (exact) mass is 334 g/mol. The van der Waals surface area contributed by atoms with Crippen LogP contribution in [-0.2, 0) is 6.54 Å². The molecular weight excluding hydrogens is 304 g/mol. The van der Waals surface area contributed by atoms with Gasteiger partial charge in [0.15, 0.2) is 5.11 Å². The summed E-state index contributed by atoms with van der Waals surface area (Å²) >= 11 is 5.52. The molecule has 0 radical (unpaired) electrons. The van der Waals surface area contributed by atoms with Crippen molar-refractivity contribution in [2.24, 2.45) is 0 Å². The lowest BCUT2D eigenvalue weighted by Gasteiger charge is -2.36. The Labute approximate surface area is 146 Å². The van der Waals surface area contributed by atoms with Crippen molar-refractivity contribution in [1.29, 1.82) is 0 Å². The van der Waals surface area contributed by atoms with Crippen LogP contribution < -0.4 is 5.32 Å². The maximum Gasteiger partial charge on any atom is 0.169 e. The van der Waals surface area contributed by atoms with Crippen molar-refractivity contribution in [2.75, 3.05) is 53.4 Å². The highest BCUT2D eigenvalue weighted by Crippen LogP contribution is 2.12. The fourth-order valence-corrected chi connectivity index (χ4v) is 3.12. The summed E-state index contributed by atoms with van der Waals surface area (Å²) in [6, 6.07) is 8.67. The van der Waals surface area contributed by atoms with Crippen molar-refractivity contribution >= 4 is 17.3 Å². The first-order chi connectivity index (χ1) is 11.1. The number of benzene rings is 1. The summed E-state index contributed by atoms with van der Waals surface area (Å²) in [5.41, 5.74) is 2.82. The molecule has 0 amide bonds. The van der Waals surface area contributed by atoms with E-state index in [1.54, 1.807) is 0 Å². The summed E-state index contributed by atoms with van der Waals surface area (Å²) in [5, 5.41) is 4.31. The third-order valence-corrected chi connectivity index (χ3v) is 4.78. The maximum absolute atomic E-state index is 5.52. The second kappa shape index (κ2) is 9.21. The zero-order valence-electron chi connectivity index (χ0n) is 14.7. The Kier molecular flexibility index (Phi) is 7.27. The highest BCUT2D eigenvalue weighted by Gasteiger charge is 2.19. The van der Waals surface area contributed by atoms with Crippen LogP contribution in [0.15, 0.2) is 24.3 Å². The van der Waals surface area contributed by atoms with E-state index in [0.29, 0.717) is 0 Å². The highest BCUT2D eigenvalue weighted by atomic mass is 32.1. The van der Waals surface area contributed by atoms with Crippen LogP contribution in [0.25, 0.3) is 0 Å². The van der Waals surface area contributed by atoms with E-state index >= 15 is 0 Å². The molecule has 0 atom stereocenters. The lowest BCUT2D eigenvalue weighted by molar-refractivity contribution is 0.174. The second-order valence-electron chi connectivity index (χ2n) is 6.58. The van der Waals surface area contributed by atoms with Gasteiger partial charge in [-0.25, -0.2) is 0 Å². The van der Waals surface area contributed by atoms with E-state index in [-0.39, 0.29) is 0 Å². The molecule has 1 fully saturated rings. The summed E-state index contributed by atoms with van der Waals surface area (Å²) < 4.78 is 0. The summed E-state index contributed by atoms with van der Waals surface area (Å²) in [6.07, 6.45) is 1.13. The molecule has 1 aromatic carbocycles. The average Bonchev–Trinajstić information content (AvgIpc) is 2.54. The summed E-state index contributed by atoms with van der Waals surface area (Å²) in [5.74, 6) is 0. The Balaban J connectivity index is 1.69. The molecule has 2 rings (SSSR count). The van der Waals surface area contributed by atoms with Gasteiger partial charge < -0.3 is 15.1 Å². The van der Waals surface area contributed by atoms with E-state index < -0.39 is 0 Å². The molecule has 5 heteroatoms. The minimum atomic E-state index is 0.916. The van der Waals surface area contributed by atoms with E-state index in [0.717, 1.165) is 57.3 Å². The lowest BCUT2D eigenvalue weighted by atomic mass is 10.1. The highest BCUT2D eigenvalue weighted by molar-refractivity contribution is 7.80. The second-order valence-corrected chi connectivity index (χ2v) is 6.97. The molecule has 0 aliphatic carbocycles. The number of nitrogens with zero attached hydrogens (tertiary/aromatic N) is 3. The smallest absolute Gasteiger partial charge is 0.169 e. The Morgan fingerprint density at radius 2 is 1.87 bits per heavy atom. The van der Waals surface area contributed by atoms with E-state index in [9.17, 15) is 0 Å². The molecule has 0 unspecified atom stereocenters. The molecule has 4 nitrogen and oxygen atoms in total. The first-order valence-corrected chi connectivity index (χ1v) is 8.91. The Morgan fingerprint density at radius 3 is 2.52 bits per heavy atom. The topological polar surface area (TPSA) is 21.8 Å². The molecule has 1 aliphatic heterocycles. The van der Waals surface area contributed by atoms with Gasteiger partial charge in [-0.3, -0.25) is 4.90 Å². The first kappa shape index (κ1) is 18.2. The molecule has 0 saturated carbocycles. The fourth-order valence-electron chi connectivity index (χ4n) is 2.84. The number of piperazine rings is 1. The van der Waals surface area contributed by atoms with Crippen LogP contribution in [0, 0.1) is 6.92 Å². The van der Waals surface area contributed by atoms with Gasteiger partial charge in [-0.15, -0.1) is 0 Å². The zero-order valence-corrected chi connectivity index (χ0v) is 15.5. The quantitative estimate of drug-likeness (QED) is 0.632. The van der Waals surface area contributed by atoms with Crippen molar-refractivity contribution in [3.8, 4) is 0 Å². The van der Waals surface area contributed by atoms with Gasteiger partial charge in [0.1, 0.15) is 0 Å². The van der Waals surface area contributed by atoms with Gasteiger partial charge >= 0.3 is 0 Å². The third-order valence-electron chi connectivity index (χ3n) is 4.37. The van der Waals surface area contributed by atoms with Gasteiger partial charge in [-0.2, -0.15) is 0 Å². The zero-order chi connectivity index (χ0) is 16.7. The largest absolute Gasteiger partial charge is 0.363 e. The molecular formula is C18H30N4S. The number of aryl methyl sites for hydroxylation is 1. The summed E-state index contributed by atoms with van der Waals surface area (Å²) in [7, 11) is 4.21. The normalized spacial score (nSPS) is 15.9. The maximum atomic E-state index is 5.52. The van der Waals surface area contributed by atoms with Crippen LogP contribution in [0.4, 0.5) is 0 Å². The number of hydrogen-bond acceptors (Lipinski definition) is 3. The first-order valence-electron chi connectivity index (χ1n) is 8.50. The molecule has 1 N–H and O–H groups in total. The lowest BCUT2D eigenvalue weighted by Crippen LogP contribution is -2.51. The van der Waals surface area contributed by atoms with Crippen molar-refractivity contribution in [1.82, 2.24) is 20.0 Å². The van der Waals surface area contributed by atoms with Crippen molar-refractivity contribution in [2.45, 2.75) is 19.9 Å². The van der Waals surface area contributed by atoms with Crippen LogP contribution in [0.2, 0.25) is 0 Å². The predicted octanol–water partition coefficient (Wildman–Crippen LogP) is 1.94. The molecule has 0 bridgehead atoms.